The van der Waals surface area contributed by atoms with Crippen LogP contribution in [0.4, 0.5) is 18.9 Å². The number of hydrogen-bond donors (Lipinski definition) is 1. The molecule has 1 aliphatic rings. The van der Waals surface area contributed by atoms with E-state index in [0.717, 1.165) is 6.92 Å². The Labute approximate surface area is 125 Å². The van der Waals surface area contributed by atoms with Crippen LogP contribution in [0.2, 0.25) is 5.02 Å². The molecule has 6 nitrogen and oxygen atoms in total. The van der Waals surface area contributed by atoms with E-state index in [9.17, 15) is 27.6 Å². The lowest BCUT2D eigenvalue weighted by Crippen LogP contribution is -2.36. The number of Topliss-reactive ketones (excluding diaryl/α,β-unsaturated/α-hetero) is 1. The average molecular weight is 335 g/mol. The maximum Gasteiger partial charge on any atom is 0.416 e. The van der Waals surface area contributed by atoms with Crippen molar-refractivity contribution in [3.8, 4) is 0 Å². The Morgan fingerprint density at radius 2 is 1.95 bits per heavy atom. The fourth-order valence-corrected chi connectivity index (χ4v) is 2.00. The largest absolute Gasteiger partial charge is 0.416 e. The van der Waals surface area contributed by atoms with Gasteiger partial charge in [-0.2, -0.15) is 13.2 Å². The number of fused-ring (bicyclic) bond motifs is 1. The number of oxime groups is 1. The average Bonchev–Trinajstić information content (AvgIpc) is 2.35. The van der Waals surface area contributed by atoms with Gasteiger partial charge in [-0.05, 0) is 12.1 Å². The Morgan fingerprint density at radius 1 is 1.32 bits per heavy atom. The van der Waals surface area contributed by atoms with Gasteiger partial charge in [-0.3, -0.25) is 9.59 Å². The van der Waals surface area contributed by atoms with Gasteiger partial charge in [0, 0.05) is 6.92 Å². The molecule has 0 radical (unpaired) electrons. The molecule has 1 aliphatic heterocycles. The predicted molar refractivity (Wildman–Crippen MR) is 68.6 cm³/mol. The van der Waals surface area contributed by atoms with Crippen LogP contribution < -0.4 is 5.32 Å². The number of hydrogen-bond acceptors (Lipinski definition) is 5. The number of amides is 1. The number of halogens is 4. The maximum absolute atomic E-state index is 12.7. The standard InChI is InChI=1S/C12H6ClF3N2O4/c1-4(19)22-18-9-10(20)8-6(13)2-5(12(14,15)16)3-7(8)17-11(9)21/h2-3H,1H3,(H,17,21). The van der Waals surface area contributed by atoms with Crippen molar-refractivity contribution in [3.05, 3.63) is 28.3 Å². The SMILES string of the molecule is CC(=O)ON=C1C(=O)Nc2cc(C(F)(F)F)cc(Cl)c2C1=O. The van der Waals surface area contributed by atoms with Gasteiger partial charge in [-0.15, -0.1) is 0 Å². The third-order valence-electron chi connectivity index (χ3n) is 2.59. The Morgan fingerprint density at radius 3 is 2.50 bits per heavy atom. The molecule has 0 aromatic heterocycles. The Bertz CT molecular complexity index is 728. The summed E-state index contributed by atoms with van der Waals surface area (Å²) in [7, 11) is 0. The second kappa shape index (κ2) is 5.41. The minimum atomic E-state index is -4.70. The van der Waals surface area contributed by atoms with Gasteiger partial charge in [-0.1, -0.05) is 16.8 Å². The summed E-state index contributed by atoms with van der Waals surface area (Å²) in [4.78, 5) is 38.6. The second-order valence-corrected chi connectivity index (χ2v) is 4.59. The molecular formula is C12H6ClF3N2O4. The van der Waals surface area contributed by atoms with Crippen LogP contribution in [0.1, 0.15) is 22.8 Å². The molecule has 0 aliphatic carbocycles. The van der Waals surface area contributed by atoms with Crippen molar-refractivity contribution >= 4 is 40.7 Å². The lowest BCUT2D eigenvalue weighted by Gasteiger charge is -2.19. The van der Waals surface area contributed by atoms with Crippen molar-refractivity contribution in [1.29, 1.82) is 0 Å². The zero-order chi connectivity index (χ0) is 16.7. The van der Waals surface area contributed by atoms with E-state index in [1.807, 2.05) is 0 Å². The molecule has 0 fully saturated rings. The fraction of sp³-hybridized carbons (Fsp3) is 0.167. The van der Waals surface area contributed by atoms with E-state index in [0.29, 0.717) is 12.1 Å². The zero-order valence-electron chi connectivity index (χ0n) is 10.7. The number of alkyl halides is 3. The minimum absolute atomic E-state index is 0.361. The number of carbonyl (C=O) groups is 3. The first-order valence-corrected chi connectivity index (χ1v) is 6.01. The molecule has 1 heterocycles. The molecule has 1 N–H and O–H groups in total. The number of benzene rings is 1. The molecule has 0 spiro atoms. The van der Waals surface area contributed by atoms with Gasteiger partial charge in [0.1, 0.15) is 0 Å². The number of nitrogens with zero attached hydrogens (tertiary/aromatic N) is 1. The molecule has 0 bridgehead atoms. The molecule has 22 heavy (non-hydrogen) atoms. The monoisotopic (exact) mass is 334 g/mol. The number of ketones is 1. The van der Waals surface area contributed by atoms with Gasteiger partial charge in [0.05, 0.1) is 21.8 Å². The van der Waals surface area contributed by atoms with Crippen LogP contribution in [-0.4, -0.2) is 23.4 Å². The van der Waals surface area contributed by atoms with Crippen LogP contribution in [0.3, 0.4) is 0 Å². The maximum atomic E-state index is 12.7. The summed E-state index contributed by atoms with van der Waals surface area (Å²) in [6.45, 7) is 0.992. The number of carbonyl (C=O) groups excluding carboxylic acids is 3. The molecule has 1 aromatic carbocycles. The second-order valence-electron chi connectivity index (χ2n) is 4.18. The summed E-state index contributed by atoms with van der Waals surface area (Å²) in [5, 5.41) is 4.62. The first-order chi connectivity index (χ1) is 10.1. The lowest BCUT2D eigenvalue weighted by molar-refractivity contribution is -0.141. The van der Waals surface area contributed by atoms with Crippen molar-refractivity contribution in [1.82, 2.24) is 0 Å². The van der Waals surface area contributed by atoms with Crippen molar-refractivity contribution in [2.45, 2.75) is 13.1 Å². The highest BCUT2D eigenvalue weighted by Crippen LogP contribution is 2.37. The Balaban J connectivity index is 2.54. The molecule has 0 saturated heterocycles. The van der Waals surface area contributed by atoms with Gasteiger partial charge >= 0.3 is 12.1 Å². The number of nitrogens with one attached hydrogen (secondary N) is 1. The minimum Gasteiger partial charge on any atom is -0.320 e. The summed E-state index contributed by atoms with van der Waals surface area (Å²) in [5.41, 5.74) is -2.66. The van der Waals surface area contributed by atoms with Crippen LogP contribution in [0.25, 0.3) is 0 Å². The fourth-order valence-electron chi connectivity index (χ4n) is 1.70. The normalized spacial score (nSPS) is 16.3. The highest BCUT2D eigenvalue weighted by Gasteiger charge is 2.37. The molecule has 0 unspecified atom stereocenters. The van der Waals surface area contributed by atoms with Gasteiger partial charge in [0.15, 0.2) is 0 Å². The molecule has 0 atom stereocenters. The van der Waals surface area contributed by atoms with E-state index in [1.54, 1.807) is 0 Å². The summed E-state index contributed by atoms with van der Waals surface area (Å²) >= 11 is 5.69. The highest BCUT2D eigenvalue weighted by atomic mass is 35.5. The van der Waals surface area contributed by atoms with Crippen LogP contribution in [0.5, 0.6) is 0 Å². The van der Waals surface area contributed by atoms with Gasteiger partial charge in [0.25, 0.3) is 5.91 Å². The smallest absolute Gasteiger partial charge is 0.320 e. The van der Waals surface area contributed by atoms with Gasteiger partial charge in [-0.25, -0.2) is 4.79 Å². The summed E-state index contributed by atoms with van der Waals surface area (Å²) in [6.07, 6.45) is -4.70. The first kappa shape index (κ1) is 16.0. The molecule has 1 amide bonds. The van der Waals surface area contributed by atoms with E-state index < -0.39 is 45.8 Å². The van der Waals surface area contributed by atoms with E-state index in [1.165, 1.54) is 0 Å². The van der Waals surface area contributed by atoms with Crippen LogP contribution >= 0.6 is 11.6 Å². The Hall–Kier alpha value is -2.42. The van der Waals surface area contributed by atoms with E-state index in [4.69, 9.17) is 11.6 Å². The molecule has 2 rings (SSSR count). The highest BCUT2D eigenvalue weighted by molar-refractivity contribution is 6.73. The number of anilines is 1. The van der Waals surface area contributed by atoms with Gasteiger partial charge in [0.2, 0.25) is 11.5 Å². The molecule has 1 aromatic rings. The quantitative estimate of drug-likeness (QED) is 0.631. The van der Waals surface area contributed by atoms with Gasteiger partial charge < -0.3 is 10.2 Å². The summed E-state index contributed by atoms with van der Waals surface area (Å²) in [5.74, 6) is -3.02. The predicted octanol–water partition coefficient (Wildman–Crippen LogP) is 2.41. The summed E-state index contributed by atoms with van der Waals surface area (Å²) in [6, 6.07) is 1.14. The molecular weight excluding hydrogens is 329 g/mol. The molecule has 10 heteroatoms. The molecule has 0 saturated carbocycles. The van der Waals surface area contributed by atoms with E-state index in [2.05, 4.69) is 15.3 Å². The molecule has 116 valence electrons. The van der Waals surface area contributed by atoms with Crippen molar-refractivity contribution < 1.29 is 32.4 Å². The lowest BCUT2D eigenvalue weighted by atomic mass is 9.98. The van der Waals surface area contributed by atoms with Crippen molar-refractivity contribution in [3.63, 3.8) is 0 Å². The third kappa shape index (κ3) is 2.93. The van der Waals surface area contributed by atoms with Crippen molar-refractivity contribution in [2.24, 2.45) is 5.16 Å². The zero-order valence-corrected chi connectivity index (χ0v) is 11.5. The summed E-state index contributed by atoms with van der Waals surface area (Å²) < 4.78 is 38.0. The number of rotatable bonds is 1. The Kier molecular flexibility index (Phi) is 3.92. The first-order valence-electron chi connectivity index (χ1n) is 5.63. The topological polar surface area (TPSA) is 84.8 Å². The van der Waals surface area contributed by atoms with E-state index >= 15 is 0 Å². The van der Waals surface area contributed by atoms with Crippen LogP contribution in [0, 0.1) is 0 Å². The van der Waals surface area contributed by atoms with Crippen LogP contribution in [0.15, 0.2) is 17.3 Å². The van der Waals surface area contributed by atoms with Crippen molar-refractivity contribution in [2.75, 3.05) is 5.32 Å². The van der Waals surface area contributed by atoms with E-state index in [-0.39, 0.29) is 5.56 Å². The van der Waals surface area contributed by atoms with Crippen LogP contribution in [-0.2, 0) is 20.6 Å². The third-order valence-corrected chi connectivity index (χ3v) is 2.89.